The highest BCUT2D eigenvalue weighted by Crippen LogP contribution is 2.18. The van der Waals surface area contributed by atoms with E-state index in [1.54, 1.807) is 0 Å². The molecular formula is C7H12N4O2. The molecule has 1 atom stereocenters. The lowest BCUT2D eigenvalue weighted by molar-refractivity contribution is -0.138. The Balaban J connectivity index is 3.00. The van der Waals surface area contributed by atoms with Gasteiger partial charge in [0.15, 0.2) is 0 Å². The summed E-state index contributed by atoms with van der Waals surface area (Å²) in [5.41, 5.74) is 6.31. The quantitative estimate of drug-likeness (QED) is 0.613. The van der Waals surface area contributed by atoms with Gasteiger partial charge in [-0.1, -0.05) is 13.8 Å². The fourth-order valence-corrected chi connectivity index (χ4v) is 1.02. The van der Waals surface area contributed by atoms with Crippen molar-refractivity contribution in [1.82, 2.24) is 15.4 Å². The second kappa shape index (κ2) is 3.53. The second-order valence-corrected chi connectivity index (χ2v) is 3.06. The number of aliphatic carboxylic acids is 1. The summed E-state index contributed by atoms with van der Waals surface area (Å²) in [6, 6.07) is -1.10. The molecule has 0 bridgehead atoms. The van der Waals surface area contributed by atoms with Crippen molar-refractivity contribution in [3.63, 3.8) is 0 Å². The molecule has 6 heteroatoms. The highest BCUT2D eigenvalue weighted by molar-refractivity contribution is 5.74. The molecule has 72 valence electrons. The first-order valence-corrected chi connectivity index (χ1v) is 3.93. The first kappa shape index (κ1) is 9.66. The van der Waals surface area contributed by atoms with Gasteiger partial charge in [-0.05, 0) is 5.92 Å². The van der Waals surface area contributed by atoms with Gasteiger partial charge in [-0.2, -0.15) is 15.4 Å². The zero-order chi connectivity index (χ0) is 10.0. The van der Waals surface area contributed by atoms with E-state index < -0.39 is 12.0 Å². The second-order valence-electron chi connectivity index (χ2n) is 3.06. The van der Waals surface area contributed by atoms with Crippen LogP contribution in [0.25, 0.3) is 0 Å². The van der Waals surface area contributed by atoms with E-state index in [9.17, 15) is 4.79 Å². The minimum absolute atomic E-state index is 0.110. The molecule has 0 spiro atoms. The van der Waals surface area contributed by atoms with Crippen LogP contribution in [-0.4, -0.2) is 26.5 Å². The Hall–Kier alpha value is -1.43. The number of H-pyrrole nitrogens is 1. The zero-order valence-electron chi connectivity index (χ0n) is 7.48. The number of hydrogen-bond donors (Lipinski definition) is 3. The van der Waals surface area contributed by atoms with Crippen molar-refractivity contribution in [2.45, 2.75) is 25.8 Å². The third-order valence-corrected chi connectivity index (χ3v) is 1.71. The van der Waals surface area contributed by atoms with Crippen molar-refractivity contribution in [1.29, 1.82) is 0 Å². The van der Waals surface area contributed by atoms with Crippen LogP contribution in [0.3, 0.4) is 0 Å². The molecule has 1 unspecified atom stereocenters. The van der Waals surface area contributed by atoms with Gasteiger partial charge in [0, 0.05) is 0 Å². The Morgan fingerprint density at radius 3 is 2.46 bits per heavy atom. The van der Waals surface area contributed by atoms with Crippen LogP contribution in [0.15, 0.2) is 0 Å². The molecule has 1 rings (SSSR count). The zero-order valence-corrected chi connectivity index (χ0v) is 7.48. The van der Waals surface area contributed by atoms with Gasteiger partial charge in [-0.3, -0.25) is 4.79 Å². The lowest BCUT2D eigenvalue weighted by Crippen LogP contribution is -2.22. The summed E-state index contributed by atoms with van der Waals surface area (Å²) in [6.45, 7) is 3.80. The highest BCUT2D eigenvalue weighted by atomic mass is 16.4. The van der Waals surface area contributed by atoms with E-state index in [0.717, 1.165) is 0 Å². The number of nitrogens with two attached hydrogens (primary N) is 1. The Labute approximate surface area is 75.1 Å². The molecular weight excluding hydrogens is 172 g/mol. The van der Waals surface area contributed by atoms with E-state index in [4.69, 9.17) is 10.8 Å². The van der Waals surface area contributed by atoms with Gasteiger partial charge in [0.05, 0.1) is 5.69 Å². The summed E-state index contributed by atoms with van der Waals surface area (Å²) >= 11 is 0. The lowest BCUT2D eigenvalue weighted by atomic mass is 10.0. The fourth-order valence-electron chi connectivity index (χ4n) is 1.02. The highest BCUT2D eigenvalue weighted by Gasteiger charge is 2.23. The summed E-state index contributed by atoms with van der Waals surface area (Å²) in [4.78, 5) is 10.6. The minimum Gasteiger partial charge on any atom is -0.480 e. The van der Waals surface area contributed by atoms with Crippen LogP contribution < -0.4 is 5.73 Å². The predicted octanol–water partition coefficient (Wildman–Crippen LogP) is 0.0125. The van der Waals surface area contributed by atoms with Gasteiger partial charge in [0.25, 0.3) is 0 Å². The molecule has 0 saturated carbocycles. The largest absolute Gasteiger partial charge is 0.480 e. The Morgan fingerprint density at radius 2 is 2.00 bits per heavy atom. The summed E-state index contributed by atoms with van der Waals surface area (Å²) in [5.74, 6) is -0.991. The minimum atomic E-state index is -1.10. The molecule has 6 nitrogen and oxygen atoms in total. The molecule has 1 aromatic heterocycles. The molecule has 13 heavy (non-hydrogen) atoms. The van der Waals surface area contributed by atoms with Crippen LogP contribution in [-0.2, 0) is 4.79 Å². The van der Waals surface area contributed by atoms with Gasteiger partial charge >= 0.3 is 5.97 Å². The molecule has 0 amide bonds. The number of carboxylic acid groups (broad SMARTS) is 1. The molecule has 0 fully saturated rings. The van der Waals surface area contributed by atoms with Crippen LogP contribution in [0, 0.1) is 0 Å². The van der Waals surface area contributed by atoms with E-state index in [1.807, 2.05) is 13.8 Å². The third kappa shape index (κ3) is 1.83. The summed E-state index contributed by atoms with van der Waals surface area (Å²) in [6.07, 6.45) is 0. The van der Waals surface area contributed by atoms with Gasteiger partial charge in [0.2, 0.25) is 0 Å². The number of carboxylic acids is 1. The maximum absolute atomic E-state index is 10.6. The summed E-state index contributed by atoms with van der Waals surface area (Å²) in [7, 11) is 0. The molecule has 1 heterocycles. The lowest BCUT2D eigenvalue weighted by Gasteiger charge is -2.06. The number of nitrogens with zero attached hydrogens (tertiary/aromatic N) is 2. The van der Waals surface area contributed by atoms with Crippen molar-refractivity contribution in [2.75, 3.05) is 0 Å². The fraction of sp³-hybridized carbons (Fsp3) is 0.571. The first-order valence-electron chi connectivity index (χ1n) is 3.93. The summed E-state index contributed by atoms with van der Waals surface area (Å²) < 4.78 is 0. The van der Waals surface area contributed by atoms with E-state index in [-0.39, 0.29) is 5.92 Å². The van der Waals surface area contributed by atoms with Crippen LogP contribution in [0.4, 0.5) is 0 Å². The van der Waals surface area contributed by atoms with Gasteiger partial charge in [-0.15, -0.1) is 0 Å². The molecule has 0 saturated heterocycles. The molecule has 0 aromatic carbocycles. The van der Waals surface area contributed by atoms with Crippen LogP contribution in [0.5, 0.6) is 0 Å². The van der Waals surface area contributed by atoms with Crippen molar-refractivity contribution < 1.29 is 9.90 Å². The van der Waals surface area contributed by atoms with Crippen LogP contribution in [0.1, 0.15) is 37.2 Å². The SMILES string of the molecule is CC(C)c1n[nH]nc1C(N)C(=O)O. The van der Waals surface area contributed by atoms with Crippen molar-refractivity contribution in [2.24, 2.45) is 5.73 Å². The number of carbonyl (C=O) groups is 1. The van der Waals surface area contributed by atoms with Crippen molar-refractivity contribution in [3.8, 4) is 0 Å². The number of hydrogen-bond acceptors (Lipinski definition) is 4. The van der Waals surface area contributed by atoms with E-state index in [0.29, 0.717) is 11.4 Å². The average Bonchev–Trinajstić information content (AvgIpc) is 2.50. The van der Waals surface area contributed by atoms with Gasteiger partial charge < -0.3 is 10.8 Å². The first-order chi connectivity index (χ1) is 6.04. The Kier molecular flexibility index (Phi) is 2.62. The molecule has 0 aliphatic carbocycles. The topological polar surface area (TPSA) is 105 Å². The number of aromatic amines is 1. The van der Waals surface area contributed by atoms with Gasteiger partial charge in [-0.25, -0.2) is 0 Å². The summed E-state index contributed by atoms with van der Waals surface area (Å²) in [5, 5.41) is 18.6. The van der Waals surface area contributed by atoms with E-state index in [2.05, 4.69) is 15.4 Å². The van der Waals surface area contributed by atoms with Crippen LogP contribution in [0.2, 0.25) is 0 Å². The molecule has 0 aliphatic rings. The predicted molar refractivity (Wildman–Crippen MR) is 45.0 cm³/mol. The molecule has 0 aliphatic heterocycles. The normalized spacial score (nSPS) is 13.2. The standard InChI is InChI=1S/C7H12N4O2/c1-3(2)5-6(10-11-9-5)4(8)7(12)13/h3-4H,8H2,1-2H3,(H,12,13)(H,9,10,11). The third-order valence-electron chi connectivity index (χ3n) is 1.71. The van der Waals surface area contributed by atoms with E-state index >= 15 is 0 Å². The van der Waals surface area contributed by atoms with Gasteiger partial charge in [0.1, 0.15) is 11.7 Å². The Bertz CT molecular complexity index is 307. The smallest absolute Gasteiger partial charge is 0.326 e. The molecule has 4 N–H and O–H groups in total. The number of nitrogens with one attached hydrogen (secondary N) is 1. The number of rotatable bonds is 3. The van der Waals surface area contributed by atoms with E-state index in [1.165, 1.54) is 0 Å². The molecule has 1 aromatic rings. The van der Waals surface area contributed by atoms with Crippen molar-refractivity contribution >= 4 is 5.97 Å². The van der Waals surface area contributed by atoms with Crippen molar-refractivity contribution in [3.05, 3.63) is 11.4 Å². The van der Waals surface area contributed by atoms with Crippen LogP contribution >= 0.6 is 0 Å². The monoisotopic (exact) mass is 184 g/mol. The maximum atomic E-state index is 10.6. The average molecular weight is 184 g/mol. The number of aromatic nitrogens is 3. The Morgan fingerprint density at radius 1 is 1.46 bits per heavy atom. The molecule has 0 radical (unpaired) electrons. The maximum Gasteiger partial charge on any atom is 0.326 e.